The second-order valence-corrected chi connectivity index (χ2v) is 12.2. The minimum absolute atomic E-state index is 0.0942. The summed E-state index contributed by atoms with van der Waals surface area (Å²) in [6.07, 6.45) is 0.0141. The molecule has 1 atom stereocenters. The number of hydrogen-bond acceptors (Lipinski definition) is 4. The van der Waals surface area contributed by atoms with E-state index < -0.39 is 24.5 Å². The number of nitrogens with one attached hydrogen (secondary N) is 2. The third-order valence-electron chi connectivity index (χ3n) is 8.96. The van der Waals surface area contributed by atoms with Crippen LogP contribution in [0.25, 0.3) is 11.1 Å². The maximum Gasteiger partial charge on any atom is 0.405 e. The third kappa shape index (κ3) is 7.85. The molecule has 6 rings (SSSR count). The number of benzene rings is 4. The predicted octanol–water partition coefficient (Wildman–Crippen LogP) is 7.49. The molecule has 1 unspecified atom stereocenters. The summed E-state index contributed by atoms with van der Waals surface area (Å²) in [6.45, 7) is 1.40. The average Bonchev–Trinajstić information content (AvgIpc) is 3.42. The van der Waals surface area contributed by atoms with Gasteiger partial charge in [0.1, 0.15) is 18.0 Å². The molecule has 1 aliphatic carbocycles. The highest BCUT2D eigenvalue weighted by molar-refractivity contribution is 5.98. The Labute approximate surface area is 272 Å². The number of halogens is 3. The molecular weight excluding hydrogens is 603 g/mol. The number of rotatable bonds is 11. The Morgan fingerprint density at radius 2 is 1.51 bits per heavy atom. The molecule has 244 valence electrons. The van der Waals surface area contributed by atoms with Gasteiger partial charge >= 0.3 is 6.18 Å². The number of unbranched alkanes of at least 4 members (excludes halogenated alkanes) is 1. The Bertz CT molecular complexity index is 1700. The van der Waals surface area contributed by atoms with Crippen molar-refractivity contribution >= 4 is 11.8 Å². The van der Waals surface area contributed by atoms with E-state index in [9.17, 15) is 22.8 Å². The second-order valence-electron chi connectivity index (χ2n) is 12.2. The summed E-state index contributed by atoms with van der Waals surface area (Å²) in [7, 11) is 0. The lowest BCUT2D eigenvalue weighted by Crippen LogP contribution is -2.44. The first-order chi connectivity index (χ1) is 22.8. The zero-order valence-electron chi connectivity index (χ0n) is 26.1. The number of piperidine rings is 1. The fourth-order valence-electron chi connectivity index (χ4n) is 6.69. The zero-order valence-corrected chi connectivity index (χ0v) is 26.1. The standard InChI is InChI=1S/C38H38F3N3O3/c39-38(40,41)25-42-37(46)35-30-16-5-4-15-29(30)34-26(12-10-18-32(34)35)11-8-9-22-44-23-20-27(21-24-44)43-36(45)31-17-6-7-19-33(31)47-28-13-2-1-3-14-28/h1-7,10,12-19,27,35H,8-9,11,20-25H2,(H,42,46)(H,43,45). The highest BCUT2D eigenvalue weighted by Crippen LogP contribution is 2.46. The Balaban J connectivity index is 0.994. The Kier molecular flexibility index (Phi) is 9.92. The van der Waals surface area contributed by atoms with Crippen LogP contribution in [0.1, 0.15) is 58.6 Å². The average molecular weight is 642 g/mol. The highest BCUT2D eigenvalue weighted by atomic mass is 19.4. The van der Waals surface area contributed by atoms with Crippen molar-refractivity contribution in [2.24, 2.45) is 0 Å². The van der Waals surface area contributed by atoms with Gasteiger partial charge in [-0.2, -0.15) is 13.2 Å². The molecule has 2 amide bonds. The van der Waals surface area contributed by atoms with Gasteiger partial charge in [-0.25, -0.2) is 0 Å². The van der Waals surface area contributed by atoms with Crippen LogP contribution >= 0.6 is 0 Å². The fourth-order valence-corrected chi connectivity index (χ4v) is 6.69. The normalized spacial score (nSPS) is 16.3. The van der Waals surface area contributed by atoms with Gasteiger partial charge in [-0.05, 0) is 90.7 Å². The van der Waals surface area contributed by atoms with Crippen LogP contribution in [-0.2, 0) is 11.2 Å². The van der Waals surface area contributed by atoms with Crippen LogP contribution in [0.4, 0.5) is 13.2 Å². The van der Waals surface area contributed by atoms with E-state index in [0.29, 0.717) is 17.1 Å². The highest BCUT2D eigenvalue weighted by Gasteiger charge is 2.37. The topological polar surface area (TPSA) is 70.7 Å². The van der Waals surface area contributed by atoms with Gasteiger partial charge in [0, 0.05) is 19.1 Å². The molecule has 0 saturated carbocycles. The molecule has 1 aliphatic heterocycles. The summed E-state index contributed by atoms with van der Waals surface area (Å²) in [5, 5.41) is 5.29. The van der Waals surface area contributed by atoms with Crippen molar-refractivity contribution in [3.63, 3.8) is 0 Å². The van der Waals surface area contributed by atoms with Crippen molar-refractivity contribution in [3.05, 3.63) is 119 Å². The monoisotopic (exact) mass is 641 g/mol. The first-order valence-corrected chi connectivity index (χ1v) is 16.2. The minimum atomic E-state index is -4.47. The Hall–Kier alpha value is -4.63. The van der Waals surface area contributed by atoms with Crippen LogP contribution in [-0.4, -0.2) is 55.1 Å². The minimum Gasteiger partial charge on any atom is -0.457 e. The smallest absolute Gasteiger partial charge is 0.405 e. The second kappa shape index (κ2) is 14.4. The summed E-state index contributed by atoms with van der Waals surface area (Å²) >= 11 is 0. The molecule has 4 aromatic carbocycles. The molecule has 0 aromatic heterocycles. The van der Waals surface area contributed by atoms with E-state index in [0.717, 1.165) is 79.6 Å². The van der Waals surface area contributed by atoms with E-state index in [1.807, 2.05) is 78.9 Å². The number of amides is 2. The number of carbonyl (C=O) groups excluding carboxylic acids is 2. The van der Waals surface area contributed by atoms with Gasteiger partial charge in [-0.1, -0.05) is 72.8 Å². The molecule has 9 heteroatoms. The van der Waals surface area contributed by atoms with Crippen molar-refractivity contribution < 1.29 is 27.5 Å². The number of para-hydroxylation sites is 2. The zero-order chi connectivity index (χ0) is 32.8. The van der Waals surface area contributed by atoms with Crippen molar-refractivity contribution in [2.75, 3.05) is 26.2 Å². The number of carbonyl (C=O) groups is 2. The van der Waals surface area contributed by atoms with Crippen LogP contribution in [0.2, 0.25) is 0 Å². The molecule has 0 bridgehead atoms. The lowest BCUT2D eigenvalue weighted by atomic mass is 9.93. The Morgan fingerprint density at radius 1 is 0.809 bits per heavy atom. The molecule has 1 fully saturated rings. The van der Waals surface area contributed by atoms with Crippen molar-refractivity contribution in [3.8, 4) is 22.6 Å². The number of hydrogen-bond donors (Lipinski definition) is 2. The lowest BCUT2D eigenvalue weighted by Gasteiger charge is -2.32. The summed E-state index contributed by atoms with van der Waals surface area (Å²) in [5.74, 6) is -0.308. The van der Waals surface area contributed by atoms with Gasteiger partial charge in [0.2, 0.25) is 5.91 Å². The van der Waals surface area contributed by atoms with Gasteiger partial charge in [-0.3, -0.25) is 9.59 Å². The van der Waals surface area contributed by atoms with Crippen molar-refractivity contribution in [2.45, 2.75) is 50.2 Å². The molecule has 0 spiro atoms. The molecular formula is C38H38F3N3O3. The van der Waals surface area contributed by atoms with Crippen LogP contribution in [0.15, 0.2) is 97.1 Å². The van der Waals surface area contributed by atoms with Gasteiger partial charge in [0.15, 0.2) is 0 Å². The van der Waals surface area contributed by atoms with Crippen LogP contribution in [0.5, 0.6) is 11.5 Å². The summed E-state index contributed by atoms with van der Waals surface area (Å²) in [5.41, 5.74) is 5.03. The molecule has 4 aromatic rings. The van der Waals surface area contributed by atoms with Gasteiger partial charge in [0.05, 0.1) is 11.5 Å². The van der Waals surface area contributed by atoms with Crippen LogP contribution < -0.4 is 15.4 Å². The van der Waals surface area contributed by atoms with Crippen LogP contribution in [0.3, 0.4) is 0 Å². The van der Waals surface area contributed by atoms with E-state index in [4.69, 9.17) is 4.74 Å². The maximum absolute atomic E-state index is 13.2. The van der Waals surface area contributed by atoms with Crippen molar-refractivity contribution in [1.82, 2.24) is 15.5 Å². The van der Waals surface area contributed by atoms with E-state index in [1.54, 1.807) is 12.1 Å². The molecule has 2 N–H and O–H groups in total. The number of nitrogens with zero attached hydrogens (tertiary/aromatic N) is 1. The summed E-state index contributed by atoms with van der Waals surface area (Å²) < 4.78 is 44.5. The van der Waals surface area contributed by atoms with Gasteiger partial charge in [-0.15, -0.1) is 0 Å². The molecule has 1 heterocycles. The van der Waals surface area contributed by atoms with Gasteiger partial charge in [0.25, 0.3) is 5.91 Å². The number of ether oxygens (including phenoxy) is 1. The first kappa shape index (κ1) is 32.3. The quantitative estimate of drug-likeness (QED) is 0.167. The number of fused-ring (bicyclic) bond motifs is 3. The van der Waals surface area contributed by atoms with Crippen molar-refractivity contribution in [1.29, 1.82) is 0 Å². The fraction of sp³-hybridized carbons (Fsp3) is 0.316. The number of aryl methyl sites for hydroxylation is 1. The predicted molar refractivity (Wildman–Crippen MR) is 176 cm³/mol. The van der Waals surface area contributed by atoms with E-state index in [1.165, 1.54) is 0 Å². The maximum atomic E-state index is 13.2. The molecule has 47 heavy (non-hydrogen) atoms. The SMILES string of the molecule is O=C(NC1CCN(CCCCc2cccc3c2-c2ccccc2C3C(=O)NCC(F)(F)F)CC1)c1ccccc1Oc1ccccc1. The molecule has 6 nitrogen and oxygen atoms in total. The molecule has 2 aliphatic rings. The first-order valence-electron chi connectivity index (χ1n) is 16.2. The van der Waals surface area contributed by atoms with E-state index in [-0.39, 0.29) is 11.9 Å². The summed E-state index contributed by atoms with van der Waals surface area (Å²) in [4.78, 5) is 28.6. The van der Waals surface area contributed by atoms with E-state index >= 15 is 0 Å². The van der Waals surface area contributed by atoms with E-state index in [2.05, 4.69) is 21.6 Å². The third-order valence-corrected chi connectivity index (χ3v) is 8.96. The van der Waals surface area contributed by atoms with Gasteiger partial charge < -0.3 is 20.3 Å². The number of alkyl halides is 3. The molecule has 0 radical (unpaired) electrons. The largest absolute Gasteiger partial charge is 0.457 e. The van der Waals surface area contributed by atoms with Crippen LogP contribution in [0, 0.1) is 0 Å². The Morgan fingerprint density at radius 3 is 2.30 bits per heavy atom. The molecule has 1 saturated heterocycles. The number of likely N-dealkylation sites (tertiary alicyclic amines) is 1. The lowest BCUT2D eigenvalue weighted by molar-refractivity contribution is -0.138. The summed E-state index contributed by atoms with van der Waals surface area (Å²) in [6, 6.07) is 30.1.